The predicted octanol–water partition coefficient (Wildman–Crippen LogP) is 2.32. The summed E-state index contributed by atoms with van der Waals surface area (Å²) in [6.07, 6.45) is 1.97. The van der Waals surface area contributed by atoms with Crippen LogP contribution in [0.3, 0.4) is 0 Å². The van der Waals surface area contributed by atoms with Crippen LogP contribution in [0.5, 0.6) is 0 Å². The number of amides is 2. The molecule has 1 saturated heterocycles. The Balaban J connectivity index is 0. The molecule has 1 heterocycles. The molecule has 31 heavy (non-hydrogen) atoms. The second kappa shape index (κ2) is 20.5. The summed E-state index contributed by atoms with van der Waals surface area (Å²) in [4.78, 5) is 35.7. The number of carbonyl (C=O) groups is 3. The minimum absolute atomic E-state index is 0. The normalized spacial score (nSPS) is 13.9. The van der Waals surface area contributed by atoms with Crippen LogP contribution < -0.4 is 5.32 Å². The van der Waals surface area contributed by atoms with Gasteiger partial charge in [-0.25, -0.2) is 4.79 Å². The second-order valence-electron chi connectivity index (χ2n) is 6.72. The fraction of sp³-hybridized carbons (Fsp3) is 0.857. The Morgan fingerprint density at radius 3 is 1.97 bits per heavy atom. The summed E-state index contributed by atoms with van der Waals surface area (Å²) in [5.74, 6) is -0.145. The summed E-state index contributed by atoms with van der Waals surface area (Å²) in [5, 5.41) is 3.05. The Bertz CT molecular complexity index is 493. The van der Waals surface area contributed by atoms with Crippen LogP contribution in [0.15, 0.2) is 0 Å². The maximum absolute atomic E-state index is 11.8. The summed E-state index contributed by atoms with van der Waals surface area (Å²) in [7, 11) is 0. The SMILES string of the molecule is CC.CC(=O)CCC(=O)NCCOCCOCCOCCOC(=O)N1CCC(S)CC1.[HH]. The maximum Gasteiger partial charge on any atom is 0.409 e. The third-order valence-corrected chi connectivity index (χ3v) is 4.71. The average Bonchev–Trinajstić information content (AvgIpc) is 2.77. The van der Waals surface area contributed by atoms with Crippen LogP contribution in [0.1, 0.15) is 47.9 Å². The largest absolute Gasteiger partial charge is 0.447 e. The van der Waals surface area contributed by atoms with Gasteiger partial charge in [0.05, 0.1) is 39.6 Å². The predicted molar refractivity (Wildman–Crippen MR) is 124 cm³/mol. The Morgan fingerprint density at radius 2 is 1.42 bits per heavy atom. The van der Waals surface area contributed by atoms with E-state index in [9.17, 15) is 14.4 Å². The number of rotatable bonds is 15. The van der Waals surface area contributed by atoms with Gasteiger partial charge in [0.25, 0.3) is 0 Å². The zero-order valence-corrected chi connectivity index (χ0v) is 20.1. The lowest BCUT2D eigenvalue weighted by Crippen LogP contribution is -2.39. The summed E-state index contributed by atoms with van der Waals surface area (Å²) < 4.78 is 21.2. The summed E-state index contributed by atoms with van der Waals surface area (Å²) in [6.45, 7) is 9.88. The molecule has 0 aromatic heterocycles. The number of likely N-dealkylation sites (tertiary alicyclic amines) is 1. The molecular weight excluding hydrogens is 424 g/mol. The van der Waals surface area contributed by atoms with Gasteiger partial charge in [0.1, 0.15) is 12.4 Å². The standard InChI is InChI=1S/C19H34N2O7S.C2H6.H2/c1-16(22)2-3-18(23)20-6-9-25-10-11-26-12-13-27-14-15-28-19(24)21-7-4-17(29)5-8-21;1-2;/h17,29H,2-15H2,1H3,(H,20,23);1-2H3;1H. The van der Waals surface area contributed by atoms with Gasteiger partial charge in [0.2, 0.25) is 5.91 Å². The lowest BCUT2D eigenvalue weighted by molar-refractivity contribution is -0.124. The molecule has 0 spiro atoms. The van der Waals surface area contributed by atoms with Crippen LogP contribution in [0.2, 0.25) is 0 Å². The Morgan fingerprint density at radius 1 is 0.903 bits per heavy atom. The van der Waals surface area contributed by atoms with Gasteiger partial charge in [-0.15, -0.1) is 0 Å². The molecule has 184 valence electrons. The molecule has 1 aliphatic heterocycles. The fourth-order valence-electron chi connectivity index (χ4n) is 2.51. The van der Waals surface area contributed by atoms with Gasteiger partial charge in [0.15, 0.2) is 0 Å². The first-order chi connectivity index (χ1) is 15.0. The van der Waals surface area contributed by atoms with Crippen molar-refractivity contribution in [1.29, 1.82) is 0 Å². The van der Waals surface area contributed by atoms with Crippen molar-refractivity contribution in [2.75, 3.05) is 65.9 Å². The zero-order valence-electron chi connectivity index (χ0n) is 19.2. The van der Waals surface area contributed by atoms with Gasteiger partial charge in [-0.2, -0.15) is 12.6 Å². The molecule has 0 unspecified atom stereocenters. The van der Waals surface area contributed by atoms with Crippen LogP contribution in [0.25, 0.3) is 0 Å². The first-order valence-electron chi connectivity index (χ1n) is 11.1. The molecule has 0 saturated carbocycles. The van der Waals surface area contributed by atoms with E-state index in [1.165, 1.54) is 6.92 Å². The Kier molecular flexibility index (Phi) is 19.6. The number of ether oxygens (including phenoxy) is 4. The van der Waals surface area contributed by atoms with Gasteiger partial charge >= 0.3 is 6.09 Å². The molecule has 1 aliphatic rings. The quantitative estimate of drug-likeness (QED) is 0.282. The van der Waals surface area contributed by atoms with E-state index in [0.717, 1.165) is 12.8 Å². The number of ketones is 1. The van der Waals surface area contributed by atoms with E-state index < -0.39 is 0 Å². The van der Waals surface area contributed by atoms with E-state index in [0.29, 0.717) is 64.5 Å². The van der Waals surface area contributed by atoms with E-state index in [2.05, 4.69) is 17.9 Å². The zero-order chi connectivity index (χ0) is 23.3. The monoisotopic (exact) mass is 466 g/mol. The topological polar surface area (TPSA) is 103 Å². The molecule has 0 radical (unpaired) electrons. The van der Waals surface area contributed by atoms with Crippen molar-refractivity contribution >= 4 is 30.4 Å². The molecule has 0 bridgehead atoms. The molecule has 10 heteroatoms. The van der Waals surface area contributed by atoms with Crippen molar-refractivity contribution in [2.24, 2.45) is 0 Å². The molecule has 0 aliphatic carbocycles. The number of nitrogens with one attached hydrogen (secondary N) is 1. The van der Waals surface area contributed by atoms with Gasteiger partial charge in [-0.1, -0.05) is 13.8 Å². The van der Waals surface area contributed by atoms with Gasteiger partial charge < -0.3 is 34.0 Å². The van der Waals surface area contributed by atoms with Crippen molar-refractivity contribution in [3.05, 3.63) is 0 Å². The lowest BCUT2D eigenvalue weighted by atomic mass is 10.1. The van der Waals surface area contributed by atoms with Crippen LogP contribution in [0.4, 0.5) is 4.79 Å². The van der Waals surface area contributed by atoms with Crippen LogP contribution in [-0.2, 0) is 28.5 Å². The molecule has 1 rings (SSSR count). The minimum atomic E-state index is -0.294. The molecule has 1 N–H and O–H groups in total. The maximum atomic E-state index is 11.8. The van der Waals surface area contributed by atoms with E-state index >= 15 is 0 Å². The van der Waals surface area contributed by atoms with Crippen molar-refractivity contribution < 1.29 is 34.8 Å². The van der Waals surface area contributed by atoms with Crippen LogP contribution >= 0.6 is 12.6 Å². The van der Waals surface area contributed by atoms with Gasteiger partial charge in [0, 0.05) is 39.2 Å². The van der Waals surface area contributed by atoms with Gasteiger partial charge in [-0.05, 0) is 19.8 Å². The highest BCUT2D eigenvalue weighted by molar-refractivity contribution is 7.80. The molecule has 9 nitrogen and oxygen atoms in total. The molecule has 0 aromatic rings. The highest BCUT2D eigenvalue weighted by Crippen LogP contribution is 2.15. The number of hydrogen-bond acceptors (Lipinski definition) is 8. The number of Topliss-reactive ketones (excluding diaryl/α,β-unsaturated/α-hetero) is 1. The highest BCUT2D eigenvalue weighted by Gasteiger charge is 2.21. The Hall–Kier alpha value is -1.36. The summed E-state index contributed by atoms with van der Waals surface area (Å²) >= 11 is 4.40. The summed E-state index contributed by atoms with van der Waals surface area (Å²) in [5.41, 5.74) is 0. The number of nitrogens with zero attached hydrogens (tertiary/aromatic N) is 1. The smallest absolute Gasteiger partial charge is 0.409 e. The number of thiol groups is 1. The number of hydrogen-bond donors (Lipinski definition) is 2. The second-order valence-corrected chi connectivity index (χ2v) is 7.45. The van der Waals surface area contributed by atoms with E-state index in [4.69, 9.17) is 18.9 Å². The lowest BCUT2D eigenvalue weighted by Gasteiger charge is -2.28. The highest BCUT2D eigenvalue weighted by atomic mass is 32.1. The molecule has 0 atom stereocenters. The van der Waals surface area contributed by atoms with Crippen molar-refractivity contribution in [3.8, 4) is 0 Å². The van der Waals surface area contributed by atoms with E-state index in [1.807, 2.05) is 13.8 Å². The van der Waals surface area contributed by atoms with Crippen LogP contribution in [0, 0.1) is 0 Å². The number of carbonyl (C=O) groups excluding carboxylic acids is 3. The fourth-order valence-corrected chi connectivity index (χ4v) is 2.74. The Labute approximate surface area is 193 Å². The first-order valence-corrected chi connectivity index (χ1v) is 11.6. The molecule has 2 amide bonds. The number of piperidine rings is 1. The first kappa shape index (κ1) is 29.6. The van der Waals surface area contributed by atoms with Crippen molar-refractivity contribution in [3.63, 3.8) is 0 Å². The minimum Gasteiger partial charge on any atom is -0.447 e. The molecule has 1 fully saturated rings. The van der Waals surface area contributed by atoms with Gasteiger partial charge in [-0.3, -0.25) is 4.79 Å². The average molecular weight is 467 g/mol. The third-order valence-electron chi connectivity index (χ3n) is 4.19. The van der Waals surface area contributed by atoms with E-state index in [-0.39, 0.29) is 38.7 Å². The molecular formula is C21H42N2O7S. The summed E-state index contributed by atoms with van der Waals surface area (Å²) in [6, 6.07) is 0. The van der Waals surface area contributed by atoms with Crippen molar-refractivity contribution in [1.82, 2.24) is 10.2 Å². The van der Waals surface area contributed by atoms with E-state index in [1.54, 1.807) is 4.90 Å². The van der Waals surface area contributed by atoms with Crippen LogP contribution in [-0.4, -0.2) is 93.8 Å². The third kappa shape index (κ3) is 18.0. The molecule has 0 aromatic carbocycles. The van der Waals surface area contributed by atoms with Crippen molar-refractivity contribution in [2.45, 2.75) is 51.7 Å².